The summed E-state index contributed by atoms with van der Waals surface area (Å²) < 4.78 is 11.0. The van der Waals surface area contributed by atoms with Crippen molar-refractivity contribution in [2.75, 3.05) is 26.2 Å². The lowest BCUT2D eigenvalue weighted by molar-refractivity contribution is -0.127. The molecular weight excluding hydrogens is 280 g/mol. The van der Waals surface area contributed by atoms with Crippen molar-refractivity contribution in [1.82, 2.24) is 10.2 Å². The van der Waals surface area contributed by atoms with Gasteiger partial charge >= 0.3 is 0 Å². The Morgan fingerprint density at radius 2 is 2.14 bits per heavy atom. The van der Waals surface area contributed by atoms with E-state index < -0.39 is 0 Å². The molecule has 3 rings (SSSR count). The second kappa shape index (κ2) is 7.79. The van der Waals surface area contributed by atoms with Gasteiger partial charge in [0.25, 0.3) is 0 Å². The fraction of sp³-hybridized carbons (Fsp3) is 0.706. The molecule has 0 bridgehead atoms. The van der Waals surface area contributed by atoms with Gasteiger partial charge in [-0.2, -0.15) is 0 Å². The van der Waals surface area contributed by atoms with Gasteiger partial charge in [0.15, 0.2) is 0 Å². The van der Waals surface area contributed by atoms with Crippen molar-refractivity contribution in [2.45, 2.75) is 44.8 Å². The molecule has 3 heterocycles. The fourth-order valence-electron chi connectivity index (χ4n) is 3.30. The molecule has 0 spiro atoms. The van der Waals surface area contributed by atoms with Gasteiger partial charge in [0.2, 0.25) is 5.91 Å². The second-order valence-electron chi connectivity index (χ2n) is 6.36. The van der Waals surface area contributed by atoms with E-state index in [9.17, 15) is 4.79 Å². The molecule has 22 heavy (non-hydrogen) atoms. The van der Waals surface area contributed by atoms with Crippen LogP contribution in [0.1, 0.15) is 37.9 Å². The van der Waals surface area contributed by atoms with E-state index in [1.165, 1.54) is 6.42 Å². The van der Waals surface area contributed by atoms with E-state index in [0.29, 0.717) is 6.54 Å². The van der Waals surface area contributed by atoms with Crippen LogP contribution in [0.15, 0.2) is 22.8 Å². The molecule has 1 atom stereocenters. The van der Waals surface area contributed by atoms with Crippen LogP contribution in [0.3, 0.4) is 0 Å². The summed E-state index contributed by atoms with van der Waals surface area (Å²) in [5, 5.41) is 3.08. The number of hydrogen-bond acceptors (Lipinski definition) is 4. The van der Waals surface area contributed by atoms with E-state index in [1.807, 2.05) is 12.1 Å². The van der Waals surface area contributed by atoms with Crippen LogP contribution in [0, 0.1) is 5.92 Å². The lowest BCUT2D eigenvalue weighted by Crippen LogP contribution is -2.43. The monoisotopic (exact) mass is 306 g/mol. The summed E-state index contributed by atoms with van der Waals surface area (Å²) in [5.74, 6) is 1.35. The maximum atomic E-state index is 12.3. The van der Waals surface area contributed by atoms with Gasteiger partial charge in [-0.15, -0.1) is 0 Å². The number of amides is 1. The van der Waals surface area contributed by atoms with E-state index in [1.54, 1.807) is 6.26 Å². The van der Waals surface area contributed by atoms with Crippen LogP contribution in [0.25, 0.3) is 0 Å². The first-order valence-electron chi connectivity index (χ1n) is 8.45. The minimum Gasteiger partial charge on any atom is -0.468 e. The highest BCUT2D eigenvalue weighted by Gasteiger charge is 2.26. The third-order valence-corrected chi connectivity index (χ3v) is 4.70. The highest BCUT2D eigenvalue weighted by atomic mass is 16.5. The molecule has 2 aliphatic heterocycles. The Morgan fingerprint density at radius 1 is 1.27 bits per heavy atom. The molecule has 1 aromatic rings. The lowest BCUT2D eigenvalue weighted by atomic mass is 9.95. The molecule has 122 valence electrons. The minimum atomic E-state index is 0.149. The predicted molar refractivity (Wildman–Crippen MR) is 83.3 cm³/mol. The first-order chi connectivity index (χ1) is 10.8. The Morgan fingerprint density at radius 3 is 2.82 bits per heavy atom. The minimum absolute atomic E-state index is 0.149. The van der Waals surface area contributed by atoms with Crippen LogP contribution in [0.4, 0.5) is 0 Å². The molecule has 0 unspecified atom stereocenters. The molecule has 1 N–H and O–H groups in total. The molecule has 0 saturated carbocycles. The van der Waals surface area contributed by atoms with Gasteiger partial charge in [-0.05, 0) is 57.3 Å². The molecule has 2 saturated heterocycles. The molecule has 1 amide bonds. The normalized spacial score (nSPS) is 24.3. The van der Waals surface area contributed by atoms with Crippen molar-refractivity contribution in [3.8, 4) is 0 Å². The van der Waals surface area contributed by atoms with Crippen LogP contribution < -0.4 is 5.32 Å². The topological polar surface area (TPSA) is 54.7 Å². The van der Waals surface area contributed by atoms with Gasteiger partial charge in [0, 0.05) is 19.1 Å². The molecule has 0 aliphatic carbocycles. The fourth-order valence-corrected chi connectivity index (χ4v) is 3.30. The van der Waals surface area contributed by atoms with E-state index in [2.05, 4.69) is 10.2 Å². The summed E-state index contributed by atoms with van der Waals surface area (Å²) in [5.41, 5.74) is 0. The van der Waals surface area contributed by atoms with Gasteiger partial charge in [-0.1, -0.05) is 0 Å². The van der Waals surface area contributed by atoms with E-state index in [4.69, 9.17) is 9.15 Å². The molecular formula is C17H26N2O3. The van der Waals surface area contributed by atoms with Crippen molar-refractivity contribution in [3.05, 3.63) is 24.2 Å². The summed E-state index contributed by atoms with van der Waals surface area (Å²) in [4.78, 5) is 14.6. The van der Waals surface area contributed by atoms with Crippen LogP contribution in [-0.2, 0) is 16.1 Å². The number of furan rings is 1. The van der Waals surface area contributed by atoms with Gasteiger partial charge in [0.1, 0.15) is 5.76 Å². The Balaban J connectivity index is 1.36. The maximum absolute atomic E-state index is 12.3. The number of piperidine rings is 1. The summed E-state index contributed by atoms with van der Waals surface area (Å²) in [6.07, 6.45) is 7.22. The number of ether oxygens (including phenoxy) is 1. The number of hydrogen-bond donors (Lipinski definition) is 1. The van der Waals surface area contributed by atoms with E-state index >= 15 is 0 Å². The standard InChI is InChI=1S/C17H26N2O3/c20-17(18-12-15-4-1-2-10-21-15)14-6-8-19(9-7-14)13-16-5-3-11-22-16/h3,5,11,14-15H,1-2,4,6-10,12-13H2,(H,18,20)/t15-/m0/s1. The average Bonchev–Trinajstić information content (AvgIpc) is 3.07. The van der Waals surface area contributed by atoms with Crippen molar-refractivity contribution in [1.29, 1.82) is 0 Å². The third kappa shape index (κ3) is 4.34. The zero-order chi connectivity index (χ0) is 15.2. The van der Waals surface area contributed by atoms with Crippen LogP contribution in [-0.4, -0.2) is 43.2 Å². The number of nitrogens with one attached hydrogen (secondary N) is 1. The Bertz CT molecular complexity index is 446. The summed E-state index contributed by atoms with van der Waals surface area (Å²) in [6, 6.07) is 3.92. The first-order valence-corrected chi connectivity index (χ1v) is 8.45. The van der Waals surface area contributed by atoms with Crippen molar-refractivity contribution in [2.24, 2.45) is 5.92 Å². The number of carbonyl (C=O) groups is 1. The summed E-state index contributed by atoms with van der Waals surface area (Å²) in [7, 11) is 0. The molecule has 1 aromatic heterocycles. The Kier molecular flexibility index (Phi) is 5.51. The summed E-state index contributed by atoms with van der Waals surface area (Å²) in [6.45, 7) is 4.27. The lowest BCUT2D eigenvalue weighted by Gasteiger charge is -2.31. The maximum Gasteiger partial charge on any atom is 0.223 e. The van der Waals surface area contributed by atoms with Gasteiger partial charge in [-0.3, -0.25) is 9.69 Å². The van der Waals surface area contributed by atoms with Crippen LogP contribution in [0.2, 0.25) is 0 Å². The highest BCUT2D eigenvalue weighted by molar-refractivity contribution is 5.78. The van der Waals surface area contributed by atoms with Crippen LogP contribution >= 0.6 is 0 Å². The van der Waals surface area contributed by atoms with Crippen LogP contribution in [0.5, 0.6) is 0 Å². The van der Waals surface area contributed by atoms with Crippen molar-refractivity contribution >= 4 is 5.91 Å². The molecule has 0 aromatic carbocycles. The quantitative estimate of drug-likeness (QED) is 0.906. The zero-order valence-electron chi connectivity index (χ0n) is 13.1. The van der Waals surface area contributed by atoms with Gasteiger partial charge < -0.3 is 14.5 Å². The number of likely N-dealkylation sites (tertiary alicyclic amines) is 1. The van der Waals surface area contributed by atoms with Crippen molar-refractivity contribution in [3.63, 3.8) is 0 Å². The predicted octanol–water partition coefficient (Wildman–Crippen LogP) is 2.18. The Labute approximate surface area is 132 Å². The molecule has 2 fully saturated rings. The van der Waals surface area contributed by atoms with Crippen molar-refractivity contribution < 1.29 is 13.9 Å². The summed E-state index contributed by atoms with van der Waals surface area (Å²) >= 11 is 0. The number of carbonyl (C=O) groups excluding carboxylic acids is 1. The number of nitrogens with zero attached hydrogens (tertiary/aromatic N) is 1. The van der Waals surface area contributed by atoms with E-state index in [-0.39, 0.29) is 17.9 Å². The van der Waals surface area contributed by atoms with Gasteiger partial charge in [-0.25, -0.2) is 0 Å². The zero-order valence-corrected chi connectivity index (χ0v) is 13.1. The number of rotatable bonds is 5. The third-order valence-electron chi connectivity index (χ3n) is 4.70. The average molecular weight is 306 g/mol. The molecule has 0 radical (unpaired) electrons. The van der Waals surface area contributed by atoms with Gasteiger partial charge in [0.05, 0.1) is 18.9 Å². The largest absolute Gasteiger partial charge is 0.468 e. The molecule has 5 nitrogen and oxygen atoms in total. The molecule has 5 heteroatoms. The second-order valence-corrected chi connectivity index (χ2v) is 6.36. The molecule has 2 aliphatic rings. The SMILES string of the molecule is O=C(NC[C@@H]1CCCCO1)C1CCN(Cc2ccco2)CC1. The first kappa shape index (κ1) is 15.6. The Hall–Kier alpha value is -1.33. The highest BCUT2D eigenvalue weighted by Crippen LogP contribution is 2.19. The van der Waals surface area contributed by atoms with E-state index in [0.717, 1.165) is 57.7 Å². The smallest absolute Gasteiger partial charge is 0.223 e.